The molecule has 0 amide bonds. The summed E-state index contributed by atoms with van der Waals surface area (Å²) in [4.78, 5) is 30.9. The van der Waals surface area contributed by atoms with E-state index in [-0.39, 0.29) is 18.6 Å². The first-order chi connectivity index (χ1) is 15.2. The van der Waals surface area contributed by atoms with E-state index >= 15 is 0 Å². The Bertz CT molecular complexity index is 461. The minimum Gasteiger partial charge on any atom is -0.481 e. The maximum absolute atomic E-state index is 11.6. The number of rotatable bonds is 21. The standard InChI is InChI=1S/C21H42O3.C4H6O4/c1-3-4-5-6-7-8-9-10-11-12-13-14-15-16-17-18-20(23)21(2,24)19-22;5-3(6)1-2-4(7)8/h22,24H,3-19H2,1-2H3;1-2H2,(H,5,6)(H,7,8). The summed E-state index contributed by atoms with van der Waals surface area (Å²) in [7, 11) is 0. The van der Waals surface area contributed by atoms with Gasteiger partial charge >= 0.3 is 11.9 Å². The van der Waals surface area contributed by atoms with Crippen LogP contribution in [-0.4, -0.2) is 50.4 Å². The van der Waals surface area contributed by atoms with E-state index in [4.69, 9.17) is 15.3 Å². The van der Waals surface area contributed by atoms with Gasteiger partial charge < -0.3 is 20.4 Å². The van der Waals surface area contributed by atoms with Crippen molar-refractivity contribution in [3.05, 3.63) is 0 Å². The summed E-state index contributed by atoms with van der Waals surface area (Å²) in [5.74, 6) is -2.39. The van der Waals surface area contributed by atoms with Crippen LogP contribution in [0.25, 0.3) is 0 Å². The number of hydrogen-bond acceptors (Lipinski definition) is 5. The molecule has 1 atom stereocenters. The first kappa shape index (κ1) is 32.7. The third-order valence-corrected chi connectivity index (χ3v) is 5.47. The molecule has 0 fully saturated rings. The highest BCUT2D eigenvalue weighted by molar-refractivity contribution is 5.86. The van der Waals surface area contributed by atoms with E-state index in [2.05, 4.69) is 6.92 Å². The molecule has 7 nitrogen and oxygen atoms in total. The number of carboxylic acid groups (broad SMARTS) is 2. The van der Waals surface area contributed by atoms with Crippen molar-refractivity contribution in [3.8, 4) is 0 Å². The molecule has 0 spiro atoms. The first-order valence-electron chi connectivity index (χ1n) is 12.5. The summed E-state index contributed by atoms with van der Waals surface area (Å²) in [6.45, 7) is 3.17. The van der Waals surface area contributed by atoms with Gasteiger partial charge in [0.15, 0.2) is 5.78 Å². The van der Waals surface area contributed by atoms with Crippen LogP contribution in [0.2, 0.25) is 0 Å². The topological polar surface area (TPSA) is 132 Å². The van der Waals surface area contributed by atoms with Crippen LogP contribution in [0, 0.1) is 0 Å². The molecule has 0 aromatic carbocycles. The molecule has 0 saturated carbocycles. The Balaban J connectivity index is 0. The molecule has 0 heterocycles. The summed E-state index contributed by atoms with van der Waals surface area (Å²) in [6, 6.07) is 0. The van der Waals surface area contributed by atoms with Crippen molar-refractivity contribution >= 4 is 17.7 Å². The minimum absolute atomic E-state index is 0.236. The summed E-state index contributed by atoms with van der Waals surface area (Å²) in [5, 5.41) is 34.3. The van der Waals surface area contributed by atoms with Crippen LogP contribution in [0.1, 0.15) is 129 Å². The molecular weight excluding hydrogens is 412 g/mol. The van der Waals surface area contributed by atoms with Gasteiger partial charge in [0.05, 0.1) is 19.4 Å². The molecule has 0 rings (SSSR count). The molecule has 0 saturated heterocycles. The van der Waals surface area contributed by atoms with Crippen LogP contribution in [0.5, 0.6) is 0 Å². The van der Waals surface area contributed by atoms with Crippen LogP contribution < -0.4 is 0 Å². The number of hydrogen-bond donors (Lipinski definition) is 4. The monoisotopic (exact) mass is 460 g/mol. The minimum atomic E-state index is -1.55. The van der Waals surface area contributed by atoms with E-state index in [0.29, 0.717) is 6.42 Å². The average molecular weight is 461 g/mol. The highest BCUT2D eigenvalue weighted by Gasteiger charge is 2.27. The number of unbranched alkanes of at least 4 members (excludes halogenated alkanes) is 14. The van der Waals surface area contributed by atoms with E-state index in [9.17, 15) is 19.5 Å². The van der Waals surface area contributed by atoms with E-state index in [1.54, 1.807) is 0 Å². The maximum Gasteiger partial charge on any atom is 0.303 e. The van der Waals surface area contributed by atoms with Gasteiger partial charge in [-0.15, -0.1) is 0 Å². The second-order valence-electron chi connectivity index (χ2n) is 8.84. The SMILES string of the molecule is CCCCCCCCCCCCCCCCCC(=O)C(C)(O)CO.O=C(O)CCC(=O)O. The van der Waals surface area contributed by atoms with E-state index < -0.39 is 24.1 Å². The molecule has 0 radical (unpaired) electrons. The van der Waals surface area contributed by atoms with Crippen LogP contribution in [-0.2, 0) is 14.4 Å². The van der Waals surface area contributed by atoms with Crippen LogP contribution in [0.15, 0.2) is 0 Å². The fourth-order valence-electron chi connectivity index (χ4n) is 3.23. The van der Waals surface area contributed by atoms with Gasteiger partial charge in [-0.2, -0.15) is 0 Å². The normalized spacial score (nSPS) is 12.5. The third kappa shape index (κ3) is 24.8. The van der Waals surface area contributed by atoms with Crippen molar-refractivity contribution in [3.63, 3.8) is 0 Å². The second-order valence-corrected chi connectivity index (χ2v) is 8.84. The lowest BCUT2D eigenvalue weighted by Crippen LogP contribution is -2.38. The van der Waals surface area contributed by atoms with Gasteiger partial charge in [0.1, 0.15) is 5.60 Å². The number of Topliss-reactive ketones (excluding diaryl/α,β-unsaturated/α-hetero) is 1. The lowest BCUT2D eigenvalue weighted by molar-refractivity contribution is -0.143. The van der Waals surface area contributed by atoms with Gasteiger partial charge in [-0.1, -0.05) is 96.8 Å². The van der Waals surface area contributed by atoms with Crippen molar-refractivity contribution in [1.29, 1.82) is 0 Å². The van der Waals surface area contributed by atoms with Crippen molar-refractivity contribution in [2.75, 3.05) is 6.61 Å². The highest BCUT2D eigenvalue weighted by atomic mass is 16.4. The Morgan fingerprint density at radius 1 is 0.594 bits per heavy atom. The zero-order valence-corrected chi connectivity index (χ0v) is 20.4. The summed E-state index contributed by atoms with van der Waals surface area (Å²) in [5.41, 5.74) is -1.55. The smallest absolute Gasteiger partial charge is 0.303 e. The molecule has 0 aromatic rings. The van der Waals surface area contributed by atoms with E-state index in [0.717, 1.165) is 12.8 Å². The Labute approximate surface area is 194 Å². The van der Waals surface area contributed by atoms with E-state index in [1.807, 2.05) is 0 Å². The van der Waals surface area contributed by atoms with Gasteiger partial charge in [-0.3, -0.25) is 14.4 Å². The predicted molar refractivity (Wildman–Crippen MR) is 127 cm³/mol. The highest BCUT2D eigenvalue weighted by Crippen LogP contribution is 2.15. The zero-order chi connectivity index (χ0) is 24.7. The molecule has 32 heavy (non-hydrogen) atoms. The van der Waals surface area contributed by atoms with Crippen LogP contribution in [0.4, 0.5) is 0 Å². The number of carboxylic acids is 2. The van der Waals surface area contributed by atoms with Crippen molar-refractivity contribution in [2.24, 2.45) is 0 Å². The van der Waals surface area contributed by atoms with E-state index in [1.165, 1.54) is 90.4 Å². The number of aliphatic carboxylic acids is 2. The lowest BCUT2D eigenvalue weighted by atomic mass is 9.96. The number of carbonyl (C=O) groups is 3. The first-order valence-corrected chi connectivity index (χ1v) is 12.5. The fourth-order valence-corrected chi connectivity index (χ4v) is 3.23. The second kappa shape index (κ2) is 22.7. The van der Waals surface area contributed by atoms with Gasteiger partial charge in [0, 0.05) is 6.42 Å². The Morgan fingerprint density at radius 2 is 0.906 bits per heavy atom. The number of carbonyl (C=O) groups excluding carboxylic acids is 1. The van der Waals surface area contributed by atoms with Gasteiger partial charge in [0.2, 0.25) is 0 Å². The third-order valence-electron chi connectivity index (χ3n) is 5.47. The lowest BCUT2D eigenvalue weighted by Gasteiger charge is -2.18. The Kier molecular flexibility index (Phi) is 23.2. The van der Waals surface area contributed by atoms with Crippen molar-refractivity contribution < 1.29 is 34.8 Å². The average Bonchev–Trinajstić information content (AvgIpc) is 2.75. The molecular formula is C25H48O7. The maximum atomic E-state index is 11.6. The van der Waals surface area contributed by atoms with Gasteiger partial charge in [-0.25, -0.2) is 0 Å². The summed E-state index contributed by atoms with van der Waals surface area (Å²) >= 11 is 0. The van der Waals surface area contributed by atoms with Gasteiger partial charge in [0.25, 0.3) is 0 Å². The number of aliphatic hydroxyl groups excluding tert-OH is 1. The molecule has 4 N–H and O–H groups in total. The largest absolute Gasteiger partial charge is 0.481 e. The van der Waals surface area contributed by atoms with Gasteiger partial charge in [-0.05, 0) is 13.3 Å². The molecule has 0 aliphatic carbocycles. The summed E-state index contributed by atoms with van der Waals surface area (Å²) < 4.78 is 0. The molecule has 7 heteroatoms. The Morgan fingerprint density at radius 3 is 1.19 bits per heavy atom. The van der Waals surface area contributed by atoms with Crippen LogP contribution in [0.3, 0.4) is 0 Å². The molecule has 1 unspecified atom stereocenters. The number of aliphatic hydroxyl groups is 2. The van der Waals surface area contributed by atoms with Crippen molar-refractivity contribution in [2.45, 2.75) is 135 Å². The Hall–Kier alpha value is -1.47. The molecule has 0 bridgehead atoms. The molecule has 0 aliphatic heterocycles. The zero-order valence-electron chi connectivity index (χ0n) is 20.4. The quantitative estimate of drug-likeness (QED) is 0.166. The number of ketones is 1. The fraction of sp³-hybridized carbons (Fsp3) is 0.880. The summed E-state index contributed by atoms with van der Waals surface area (Å²) in [6.07, 6.45) is 19.3. The predicted octanol–water partition coefficient (Wildman–Crippen LogP) is 5.50. The molecule has 190 valence electrons. The molecule has 0 aliphatic rings. The van der Waals surface area contributed by atoms with Crippen LogP contribution >= 0.6 is 0 Å². The van der Waals surface area contributed by atoms with Crippen molar-refractivity contribution in [1.82, 2.24) is 0 Å². The molecule has 0 aromatic heterocycles.